The van der Waals surface area contributed by atoms with Gasteiger partial charge < -0.3 is 9.73 Å². The van der Waals surface area contributed by atoms with Gasteiger partial charge in [0.25, 0.3) is 0 Å². The Balaban J connectivity index is 2.27. The minimum Gasteiger partial charge on any atom is -0.423 e. The second-order valence-corrected chi connectivity index (χ2v) is 3.62. The Morgan fingerprint density at radius 3 is 2.87 bits per heavy atom. The van der Waals surface area contributed by atoms with E-state index in [-0.39, 0.29) is 0 Å². The number of benzene rings is 1. The molecule has 0 atom stereocenters. The molecule has 0 amide bonds. The van der Waals surface area contributed by atoms with Crippen molar-refractivity contribution in [2.45, 2.75) is 19.9 Å². The SMILES string of the molecule is CC(C)Nc1cccc(-c2nnco2)c1. The average Bonchev–Trinajstić information content (AvgIpc) is 2.69. The molecule has 0 saturated heterocycles. The van der Waals surface area contributed by atoms with Crippen LogP contribution in [-0.2, 0) is 0 Å². The first kappa shape index (κ1) is 9.71. The lowest BCUT2D eigenvalue weighted by Crippen LogP contribution is -2.09. The molecule has 78 valence electrons. The molecule has 0 fully saturated rings. The van der Waals surface area contributed by atoms with Gasteiger partial charge in [0.05, 0.1) is 0 Å². The molecule has 2 rings (SSSR count). The summed E-state index contributed by atoms with van der Waals surface area (Å²) in [6.45, 7) is 4.19. The van der Waals surface area contributed by atoms with Crippen molar-refractivity contribution < 1.29 is 4.42 Å². The van der Waals surface area contributed by atoms with E-state index in [9.17, 15) is 0 Å². The fourth-order valence-corrected chi connectivity index (χ4v) is 1.37. The van der Waals surface area contributed by atoms with Gasteiger partial charge in [-0.2, -0.15) is 0 Å². The van der Waals surface area contributed by atoms with E-state index < -0.39 is 0 Å². The molecule has 0 aliphatic heterocycles. The van der Waals surface area contributed by atoms with Gasteiger partial charge in [-0.1, -0.05) is 6.07 Å². The van der Waals surface area contributed by atoms with Gasteiger partial charge in [-0.3, -0.25) is 0 Å². The Kier molecular flexibility index (Phi) is 2.67. The first-order chi connectivity index (χ1) is 7.25. The van der Waals surface area contributed by atoms with Crippen molar-refractivity contribution in [2.75, 3.05) is 5.32 Å². The minimum absolute atomic E-state index is 0.405. The van der Waals surface area contributed by atoms with Gasteiger partial charge in [0.15, 0.2) is 0 Å². The van der Waals surface area contributed by atoms with Crippen LogP contribution in [0.5, 0.6) is 0 Å². The average molecular weight is 203 g/mol. The Hall–Kier alpha value is -1.84. The lowest BCUT2D eigenvalue weighted by atomic mass is 10.2. The summed E-state index contributed by atoms with van der Waals surface area (Å²) in [5, 5.41) is 10.8. The smallest absolute Gasteiger partial charge is 0.247 e. The van der Waals surface area contributed by atoms with Crippen LogP contribution in [-0.4, -0.2) is 16.2 Å². The monoisotopic (exact) mass is 203 g/mol. The lowest BCUT2D eigenvalue weighted by Gasteiger charge is -2.09. The minimum atomic E-state index is 0.405. The van der Waals surface area contributed by atoms with Gasteiger partial charge in [0.1, 0.15) is 0 Å². The summed E-state index contributed by atoms with van der Waals surface area (Å²) in [6.07, 6.45) is 1.33. The van der Waals surface area contributed by atoms with Gasteiger partial charge in [-0.15, -0.1) is 10.2 Å². The zero-order valence-electron chi connectivity index (χ0n) is 8.77. The molecule has 0 radical (unpaired) electrons. The predicted octanol–water partition coefficient (Wildman–Crippen LogP) is 2.56. The van der Waals surface area contributed by atoms with Gasteiger partial charge >= 0.3 is 0 Å². The maximum absolute atomic E-state index is 5.13. The molecule has 1 N–H and O–H groups in total. The van der Waals surface area contributed by atoms with Crippen molar-refractivity contribution >= 4 is 5.69 Å². The maximum atomic E-state index is 5.13. The molecular weight excluding hydrogens is 190 g/mol. The molecule has 4 heteroatoms. The highest BCUT2D eigenvalue weighted by molar-refractivity contribution is 5.60. The number of nitrogens with zero attached hydrogens (tertiary/aromatic N) is 2. The Labute approximate surface area is 88.3 Å². The Bertz CT molecular complexity index is 423. The zero-order chi connectivity index (χ0) is 10.7. The van der Waals surface area contributed by atoms with E-state index in [4.69, 9.17) is 4.42 Å². The van der Waals surface area contributed by atoms with Crippen LogP contribution < -0.4 is 5.32 Å². The third-order valence-corrected chi connectivity index (χ3v) is 1.92. The molecule has 1 aromatic carbocycles. The predicted molar refractivity (Wildman–Crippen MR) is 58.5 cm³/mol. The van der Waals surface area contributed by atoms with Gasteiger partial charge in [0, 0.05) is 17.3 Å². The summed E-state index contributed by atoms with van der Waals surface area (Å²) < 4.78 is 5.13. The number of nitrogens with one attached hydrogen (secondary N) is 1. The highest BCUT2D eigenvalue weighted by atomic mass is 16.4. The van der Waals surface area contributed by atoms with Crippen LogP contribution in [0.25, 0.3) is 11.5 Å². The van der Waals surface area contributed by atoms with Crippen molar-refractivity contribution in [3.8, 4) is 11.5 Å². The van der Waals surface area contributed by atoms with Crippen LogP contribution >= 0.6 is 0 Å². The summed E-state index contributed by atoms with van der Waals surface area (Å²) in [5.41, 5.74) is 1.99. The molecular formula is C11H13N3O. The summed E-state index contributed by atoms with van der Waals surface area (Å²) in [7, 11) is 0. The number of rotatable bonds is 3. The Morgan fingerprint density at radius 2 is 2.20 bits per heavy atom. The topological polar surface area (TPSA) is 51.0 Å². The summed E-state index contributed by atoms with van der Waals surface area (Å²) in [4.78, 5) is 0. The van der Waals surface area contributed by atoms with Gasteiger partial charge in [-0.05, 0) is 32.0 Å². The van der Waals surface area contributed by atoms with Crippen molar-refractivity contribution in [2.24, 2.45) is 0 Å². The molecule has 0 unspecified atom stereocenters. The molecule has 4 nitrogen and oxygen atoms in total. The molecule has 1 heterocycles. The second kappa shape index (κ2) is 4.13. The highest BCUT2D eigenvalue weighted by Gasteiger charge is 2.04. The van der Waals surface area contributed by atoms with E-state index in [2.05, 4.69) is 29.4 Å². The number of anilines is 1. The number of aromatic nitrogens is 2. The summed E-state index contributed by atoms with van der Waals surface area (Å²) in [6, 6.07) is 8.32. The molecule has 0 spiro atoms. The fourth-order valence-electron chi connectivity index (χ4n) is 1.37. The van der Waals surface area contributed by atoms with Crippen molar-refractivity contribution in [1.82, 2.24) is 10.2 Å². The summed E-state index contributed by atoms with van der Waals surface area (Å²) in [5.74, 6) is 0.544. The quantitative estimate of drug-likeness (QED) is 0.832. The second-order valence-electron chi connectivity index (χ2n) is 3.62. The van der Waals surface area contributed by atoms with Crippen LogP contribution in [0.3, 0.4) is 0 Å². The molecule has 0 aliphatic carbocycles. The molecule has 0 saturated carbocycles. The highest BCUT2D eigenvalue weighted by Crippen LogP contribution is 2.20. The lowest BCUT2D eigenvalue weighted by molar-refractivity contribution is 0.568. The van der Waals surface area contributed by atoms with Crippen LogP contribution in [0.2, 0.25) is 0 Å². The number of hydrogen-bond acceptors (Lipinski definition) is 4. The van der Waals surface area contributed by atoms with Crippen molar-refractivity contribution in [1.29, 1.82) is 0 Å². The zero-order valence-corrected chi connectivity index (χ0v) is 8.77. The maximum Gasteiger partial charge on any atom is 0.247 e. The van der Waals surface area contributed by atoms with E-state index in [0.29, 0.717) is 11.9 Å². The van der Waals surface area contributed by atoms with Crippen molar-refractivity contribution in [3.05, 3.63) is 30.7 Å². The third kappa shape index (κ3) is 2.34. The third-order valence-electron chi connectivity index (χ3n) is 1.92. The molecule has 1 aromatic heterocycles. The van der Waals surface area contributed by atoms with E-state index in [1.807, 2.05) is 24.3 Å². The largest absolute Gasteiger partial charge is 0.423 e. The normalized spacial score (nSPS) is 10.6. The van der Waals surface area contributed by atoms with E-state index in [1.54, 1.807) is 0 Å². The van der Waals surface area contributed by atoms with E-state index in [0.717, 1.165) is 11.3 Å². The molecule has 2 aromatic rings. The molecule has 15 heavy (non-hydrogen) atoms. The van der Waals surface area contributed by atoms with E-state index in [1.165, 1.54) is 6.39 Å². The molecule has 0 bridgehead atoms. The Morgan fingerprint density at radius 1 is 1.33 bits per heavy atom. The first-order valence-corrected chi connectivity index (χ1v) is 4.89. The van der Waals surface area contributed by atoms with Crippen molar-refractivity contribution in [3.63, 3.8) is 0 Å². The van der Waals surface area contributed by atoms with Gasteiger partial charge in [0.2, 0.25) is 12.3 Å². The summed E-state index contributed by atoms with van der Waals surface area (Å²) >= 11 is 0. The number of hydrogen-bond donors (Lipinski definition) is 1. The van der Waals surface area contributed by atoms with Crippen LogP contribution in [0.15, 0.2) is 35.1 Å². The fraction of sp³-hybridized carbons (Fsp3) is 0.273. The van der Waals surface area contributed by atoms with Crippen LogP contribution in [0, 0.1) is 0 Å². The van der Waals surface area contributed by atoms with Crippen LogP contribution in [0.1, 0.15) is 13.8 Å². The first-order valence-electron chi connectivity index (χ1n) is 4.89. The van der Waals surface area contributed by atoms with E-state index >= 15 is 0 Å². The van der Waals surface area contributed by atoms with Crippen LogP contribution in [0.4, 0.5) is 5.69 Å². The van der Waals surface area contributed by atoms with Gasteiger partial charge in [-0.25, -0.2) is 0 Å². The standard InChI is InChI=1S/C11H13N3O/c1-8(2)13-10-5-3-4-9(6-10)11-14-12-7-15-11/h3-8,13H,1-2H3. The molecule has 0 aliphatic rings.